The van der Waals surface area contributed by atoms with Crippen molar-refractivity contribution in [2.24, 2.45) is 0 Å². The Morgan fingerprint density at radius 2 is 1.63 bits per heavy atom. The minimum Gasteiger partial charge on any atom is -0.396 e. The summed E-state index contributed by atoms with van der Waals surface area (Å²) in [6, 6.07) is 8.76. The SMILES string of the molecule is O=C(NC[C@@H]1[C@@H](O)[C@@H](O)CN1CCCCCCCCCO)c1ccccc1. The van der Waals surface area contributed by atoms with Crippen LogP contribution in [-0.2, 0) is 0 Å². The Morgan fingerprint density at radius 3 is 2.30 bits per heavy atom. The number of benzene rings is 1. The maximum absolute atomic E-state index is 12.2. The summed E-state index contributed by atoms with van der Waals surface area (Å²) in [6.45, 7) is 1.87. The number of aliphatic hydroxyl groups is 3. The van der Waals surface area contributed by atoms with Gasteiger partial charge in [0, 0.05) is 25.3 Å². The molecule has 152 valence electrons. The molecule has 1 aliphatic heterocycles. The number of carbonyl (C=O) groups is 1. The average Bonchev–Trinajstić information content (AvgIpc) is 2.96. The van der Waals surface area contributed by atoms with E-state index in [-0.39, 0.29) is 18.6 Å². The third-order valence-corrected chi connectivity index (χ3v) is 5.29. The molecule has 1 aliphatic rings. The fourth-order valence-corrected chi connectivity index (χ4v) is 3.66. The average molecular weight is 379 g/mol. The van der Waals surface area contributed by atoms with Crippen LogP contribution < -0.4 is 5.32 Å². The van der Waals surface area contributed by atoms with Gasteiger partial charge in [-0.05, 0) is 31.5 Å². The number of hydrogen-bond acceptors (Lipinski definition) is 5. The first kappa shape index (κ1) is 21.8. The number of carbonyl (C=O) groups excluding carboxylic acids is 1. The first-order valence-corrected chi connectivity index (χ1v) is 10.2. The molecule has 1 saturated heterocycles. The van der Waals surface area contributed by atoms with Crippen LogP contribution in [0.5, 0.6) is 0 Å². The van der Waals surface area contributed by atoms with Crippen LogP contribution in [0.3, 0.4) is 0 Å². The topological polar surface area (TPSA) is 93.0 Å². The van der Waals surface area contributed by atoms with Crippen molar-refractivity contribution < 1.29 is 20.1 Å². The van der Waals surface area contributed by atoms with Gasteiger partial charge in [0.05, 0.1) is 18.2 Å². The number of unbranched alkanes of at least 4 members (excludes halogenated alkanes) is 6. The predicted molar refractivity (Wildman–Crippen MR) is 106 cm³/mol. The van der Waals surface area contributed by atoms with Crippen molar-refractivity contribution in [3.63, 3.8) is 0 Å². The van der Waals surface area contributed by atoms with E-state index in [0.29, 0.717) is 18.7 Å². The first-order chi connectivity index (χ1) is 13.1. The second-order valence-corrected chi connectivity index (χ2v) is 7.39. The van der Waals surface area contributed by atoms with E-state index in [2.05, 4.69) is 10.2 Å². The molecule has 1 heterocycles. The van der Waals surface area contributed by atoms with E-state index < -0.39 is 12.2 Å². The van der Waals surface area contributed by atoms with Crippen LogP contribution >= 0.6 is 0 Å². The number of hydrogen-bond donors (Lipinski definition) is 4. The fourth-order valence-electron chi connectivity index (χ4n) is 3.66. The zero-order valence-corrected chi connectivity index (χ0v) is 16.1. The van der Waals surface area contributed by atoms with Crippen LogP contribution in [0.4, 0.5) is 0 Å². The minimum atomic E-state index is -0.834. The normalized spacial score (nSPS) is 22.9. The van der Waals surface area contributed by atoms with Gasteiger partial charge in [0.1, 0.15) is 0 Å². The second-order valence-electron chi connectivity index (χ2n) is 7.39. The smallest absolute Gasteiger partial charge is 0.251 e. The summed E-state index contributed by atoms with van der Waals surface area (Å²) < 4.78 is 0. The lowest BCUT2D eigenvalue weighted by Crippen LogP contribution is -2.45. The molecule has 3 atom stereocenters. The fraction of sp³-hybridized carbons (Fsp3) is 0.667. The van der Waals surface area contributed by atoms with Crippen molar-refractivity contribution >= 4 is 5.91 Å². The molecule has 6 nitrogen and oxygen atoms in total. The number of aliphatic hydroxyl groups excluding tert-OH is 3. The van der Waals surface area contributed by atoms with Crippen molar-refractivity contribution in [1.29, 1.82) is 0 Å². The number of nitrogens with one attached hydrogen (secondary N) is 1. The molecule has 0 bridgehead atoms. The zero-order chi connectivity index (χ0) is 19.5. The summed E-state index contributed by atoms with van der Waals surface area (Å²) in [7, 11) is 0. The van der Waals surface area contributed by atoms with E-state index in [4.69, 9.17) is 5.11 Å². The van der Waals surface area contributed by atoms with Gasteiger partial charge in [0.2, 0.25) is 0 Å². The van der Waals surface area contributed by atoms with Gasteiger partial charge >= 0.3 is 0 Å². The van der Waals surface area contributed by atoms with Crippen molar-refractivity contribution in [2.75, 3.05) is 26.2 Å². The highest BCUT2D eigenvalue weighted by Gasteiger charge is 2.39. The van der Waals surface area contributed by atoms with Crippen molar-refractivity contribution in [3.8, 4) is 0 Å². The molecule has 27 heavy (non-hydrogen) atoms. The second kappa shape index (κ2) is 12.1. The third-order valence-electron chi connectivity index (χ3n) is 5.29. The molecule has 6 heteroatoms. The van der Waals surface area contributed by atoms with Gasteiger partial charge < -0.3 is 20.6 Å². The summed E-state index contributed by atoms with van der Waals surface area (Å²) >= 11 is 0. The number of amides is 1. The maximum atomic E-state index is 12.2. The number of β-amino-alcohol motifs (C(OH)–C–C–N with tert-alkyl or cyclic N) is 1. The number of rotatable bonds is 12. The highest BCUT2D eigenvalue weighted by atomic mass is 16.3. The van der Waals surface area contributed by atoms with Crippen LogP contribution in [0.25, 0.3) is 0 Å². The lowest BCUT2D eigenvalue weighted by Gasteiger charge is -2.26. The molecule has 0 aliphatic carbocycles. The molecule has 0 unspecified atom stereocenters. The standard InChI is InChI=1S/C21H34N2O4/c24-14-10-5-3-1-2-4-9-13-23-16-19(25)20(26)18(23)15-22-21(27)17-11-7-6-8-12-17/h6-8,11-12,18-20,24-26H,1-5,9-10,13-16H2,(H,22,27)/t18-,19+,20-/m1/s1. The third kappa shape index (κ3) is 7.22. The molecule has 4 N–H and O–H groups in total. The van der Waals surface area contributed by atoms with Crippen LogP contribution in [0, 0.1) is 0 Å². The van der Waals surface area contributed by atoms with E-state index in [0.717, 1.165) is 38.6 Å². The van der Waals surface area contributed by atoms with Crippen molar-refractivity contribution in [3.05, 3.63) is 35.9 Å². The highest BCUT2D eigenvalue weighted by molar-refractivity contribution is 5.94. The molecule has 0 saturated carbocycles. The molecular weight excluding hydrogens is 344 g/mol. The number of nitrogens with zero attached hydrogens (tertiary/aromatic N) is 1. The molecule has 0 radical (unpaired) electrons. The Bertz CT molecular complexity index is 540. The van der Waals surface area contributed by atoms with E-state index in [9.17, 15) is 15.0 Å². The molecular formula is C21H34N2O4. The van der Waals surface area contributed by atoms with Crippen molar-refractivity contribution in [1.82, 2.24) is 10.2 Å². The van der Waals surface area contributed by atoms with E-state index in [1.165, 1.54) is 12.8 Å². The van der Waals surface area contributed by atoms with Crippen LogP contribution in [0.1, 0.15) is 55.3 Å². The summed E-state index contributed by atoms with van der Waals surface area (Å²) in [5.41, 5.74) is 0.596. The Labute approximate surface area is 162 Å². The minimum absolute atomic E-state index is 0.160. The molecule has 1 aromatic rings. The Balaban J connectivity index is 1.70. The lowest BCUT2D eigenvalue weighted by atomic mass is 10.1. The van der Waals surface area contributed by atoms with Gasteiger partial charge in [-0.1, -0.05) is 50.3 Å². The molecule has 1 amide bonds. The molecule has 1 fully saturated rings. The Morgan fingerprint density at radius 1 is 1.00 bits per heavy atom. The highest BCUT2D eigenvalue weighted by Crippen LogP contribution is 2.19. The van der Waals surface area contributed by atoms with E-state index >= 15 is 0 Å². The molecule has 1 aromatic carbocycles. The van der Waals surface area contributed by atoms with E-state index in [1.54, 1.807) is 12.1 Å². The quantitative estimate of drug-likeness (QED) is 0.414. The molecule has 0 aromatic heterocycles. The van der Waals surface area contributed by atoms with Gasteiger partial charge in [-0.15, -0.1) is 0 Å². The Hall–Kier alpha value is -1.47. The predicted octanol–water partition coefficient (Wildman–Crippen LogP) is 1.55. The zero-order valence-electron chi connectivity index (χ0n) is 16.1. The summed E-state index contributed by atoms with van der Waals surface area (Å²) in [5, 5.41) is 31.9. The van der Waals surface area contributed by atoms with Gasteiger partial charge in [0.15, 0.2) is 0 Å². The van der Waals surface area contributed by atoms with Gasteiger partial charge in [-0.2, -0.15) is 0 Å². The van der Waals surface area contributed by atoms with Crippen LogP contribution in [0.15, 0.2) is 30.3 Å². The van der Waals surface area contributed by atoms with Gasteiger partial charge in [0.25, 0.3) is 5.91 Å². The first-order valence-electron chi connectivity index (χ1n) is 10.2. The monoisotopic (exact) mass is 378 g/mol. The van der Waals surface area contributed by atoms with Crippen LogP contribution in [0.2, 0.25) is 0 Å². The number of likely N-dealkylation sites (tertiary alicyclic amines) is 1. The van der Waals surface area contributed by atoms with Crippen LogP contribution in [-0.4, -0.2) is 70.6 Å². The van der Waals surface area contributed by atoms with Gasteiger partial charge in [-0.25, -0.2) is 0 Å². The molecule has 0 spiro atoms. The molecule has 2 rings (SSSR count). The Kier molecular flexibility index (Phi) is 9.77. The van der Waals surface area contributed by atoms with Gasteiger partial charge in [-0.3, -0.25) is 9.69 Å². The summed E-state index contributed by atoms with van der Waals surface area (Å²) in [6.07, 6.45) is 6.02. The summed E-state index contributed by atoms with van der Waals surface area (Å²) in [5.74, 6) is -0.160. The lowest BCUT2D eigenvalue weighted by molar-refractivity contribution is 0.0373. The summed E-state index contributed by atoms with van der Waals surface area (Å²) in [4.78, 5) is 14.3. The van der Waals surface area contributed by atoms with E-state index in [1.807, 2.05) is 18.2 Å². The maximum Gasteiger partial charge on any atom is 0.251 e. The largest absolute Gasteiger partial charge is 0.396 e. The van der Waals surface area contributed by atoms with Crippen molar-refractivity contribution in [2.45, 2.75) is 63.2 Å².